The van der Waals surface area contributed by atoms with E-state index in [9.17, 15) is 5.11 Å². The lowest BCUT2D eigenvalue weighted by atomic mass is 10.0. The molecule has 3 saturated heterocycles. The van der Waals surface area contributed by atoms with E-state index >= 15 is 0 Å². The average Bonchev–Trinajstić information content (AvgIpc) is 2.72. The van der Waals surface area contributed by atoms with Gasteiger partial charge in [0.2, 0.25) is 0 Å². The minimum atomic E-state index is -0.439. The first kappa shape index (κ1) is 21.1. The van der Waals surface area contributed by atoms with Crippen LogP contribution in [0.5, 0.6) is 5.75 Å². The number of aliphatic hydroxyl groups is 1. The number of piperidine rings is 1. The van der Waals surface area contributed by atoms with E-state index in [4.69, 9.17) is 4.74 Å². The van der Waals surface area contributed by atoms with E-state index in [2.05, 4.69) is 38.8 Å². The second kappa shape index (κ2) is 10.2. The maximum Gasteiger partial charge on any atom is 0.119 e. The molecule has 0 amide bonds. The van der Waals surface area contributed by atoms with E-state index in [1.807, 2.05) is 12.1 Å². The second-order valence-corrected chi connectivity index (χ2v) is 9.16. The fraction of sp³-hybridized carbons (Fsp3) is 0.739. The van der Waals surface area contributed by atoms with Crippen LogP contribution in [0.4, 0.5) is 0 Å². The number of hydrogen-bond acceptors (Lipinski definition) is 6. The van der Waals surface area contributed by atoms with Gasteiger partial charge in [-0.15, -0.1) is 0 Å². The van der Waals surface area contributed by atoms with Crippen LogP contribution in [0.1, 0.15) is 24.8 Å². The molecule has 3 aliphatic rings. The van der Waals surface area contributed by atoms with Gasteiger partial charge in [0.1, 0.15) is 18.5 Å². The molecule has 1 atom stereocenters. The molecule has 0 unspecified atom stereocenters. The van der Waals surface area contributed by atoms with Gasteiger partial charge in [0.05, 0.1) is 0 Å². The number of rotatable bonds is 8. The van der Waals surface area contributed by atoms with Crippen molar-refractivity contribution in [3.05, 3.63) is 29.8 Å². The lowest BCUT2D eigenvalue weighted by Gasteiger charge is -2.46. The summed E-state index contributed by atoms with van der Waals surface area (Å²) in [5.41, 5.74) is 1.34. The maximum atomic E-state index is 10.3. The minimum Gasteiger partial charge on any atom is -0.491 e. The quantitative estimate of drug-likeness (QED) is 0.708. The highest BCUT2D eigenvalue weighted by molar-refractivity contribution is 5.27. The number of piperazine rings is 1. The normalized spacial score (nSPS) is 24.3. The van der Waals surface area contributed by atoms with Gasteiger partial charge in [-0.25, -0.2) is 0 Å². The van der Waals surface area contributed by atoms with Crippen LogP contribution < -0.4 is 4.74 Å². The Hall–Kier alpha value is -1.18. The number of β-amino-alcohol motifs (C(OH)–C–C–N with tert-alkyl or cyclic N) is 1. The Labute approximate surface area is 176 Å². The van der Waals surface area contributed by atoms with Crippen molar-refractivity contribution in [2.45, 2.75) is 38.0 Å². The molecule has 0 bridgehead atoms. The fourth-order valence-electron chi connectivity index (χ4n) is 4.71. The number of ether oxygens (including phenoxy) is 1. The number of nitrogens with zero attached hydrogens (tertiary/aromatic N) is 4. The molecule has 0 spiro atoms. The zero-order chi connectivity index (χ0) is 20.1. The number of hydrogen-bond donors (Lipinski definition) is 1. The first-order valence-electron chi connectivity index (χ1n) is 11.4. The molecule has 3 aliphatic heterocycles. The summed E-state index contributed by atoms with van der Waals surface area (Å²) < 4.78 is 5.82. The largest absolute Gasteiger partial charge is 0.491 e. The van der Waals surface area contributed by atoms with Gasteiger partial charge in [-0.3, -0.25) is 14.7 Å². The summed E-state index contributed by atoms with van der Waals surface area (Å²) in [7, 11) is 2.15. The Bertz CT molecular complexity index is 606. The molecule has 162 valence electrons. The molecule has 1 aromatic carbocycles. The van der Waals surface area contributed by atoms with Crippen LogP contribution >= 0.6 is 0 Å². The molecule has 6 nitrogen and oxygen atoms in total. The molecular formula is C23H38N4O2. The first-order valence-corrected chi connectivity index (χ1v) is 11.4. The van der Waals surface area contributed by atoms with Crippen molar-refractivity contribution in [3.8, 4) is 5.75 Å². The first-order chi connectivity index (χ1) is 14.2. The predicted molar refractivity (Wildman–Crippen MR) is 116 cm³/mol. The Morgan fingerprint density at radius 2 is 1.62 bits per heavy atom. The zero-order valence-electron chi connectivity index (χ0n) is 18.0. The third-order valence-corrected chi connectivity index (χ3v) is 6.68. The molecule has 0 saturated carbocycles. The third-order valence-electron chi connectivity index (χ3n) is 6.68. The molecule has 4 rings (SSSR count). The number of benzene rings is 1. The molecule has 3 heterocycles. The standard InChI is InChI=1S/C23H38N4O2/c1-24-11-13-25(14-12-24)18-22(28)19-29-23-7-5-20(6-8-23)15-26-16-21(17-26)27-9-3-2-4-10-27/h5-8,21-22,28H,2-4,9-19H2,1H3/t22-/m0/s1. The monoisotopic (exact) mass is 402 g/mol. The number of aliphatic hydroxyl groups excluding tert-OH is 1. The van der Waals surface area contributed by atoms with Crippen LogP contribution in [0, 0.1) is 0 Å². The van der Waals surface area contributed by atoms with Crippen molar-refractivity contribution in [3.63, 3.8) is 0 Å². The van der Waals surface area contributed by atoms with Gasteiger partial charge < -0.3 is 14.7 Å². The lowest BCUT2D eigenvalue weighted by molar-refractivity contribution is 0.0186. The Morgan fingerprint density at radius 1 is 0.931 bits per heavy atom. The van der Waals surface area contributed by atoms with Crippen molar-refractivity contribution >= 4 is 0 Å². The van der Waals surface area contributed by atoms with E-state index in [1.54, 1.807) is 0 Å². The smallest absolute Gasteiger partial charge is 0.119 e. The van der Waals surface area contributed by atoms with E-state index in [1.165, 1.54) is 51.0 Å². The van der Waals surface area contributed by atoms with Gasteiger partial charge in [0, 0.05) is 58.4 Å². The van der Waals surface area contributed by atoms with Crippen LogP contribution in [-0.2, 0) is 6.54 Å². The Balaban J connectivity index is 1.13. The summed E-state index contributed by atoms with van der Waals surface area (Å²) in [6.45, 7) is 11.3. The average molecular weight is 403 g/mol. The molecule has 0 radical (unpaired) electrons. The molecular weight excluding hydrogens is 364 g/mol. The number of likely N-dealkylation sites (N-methyl/N-ethyl adjacent to an activating group) is 1. The van der Waals surface area contributed by atoms with Gasteiger partial charge in [-0.2, -0.15) is 0 Å². The summed E-state index contributed by atoms with van der Waals surface area (Å²) in [6, 6.07) is 9.19. The zero-order valence-corrected chi connectivity index (χ0v) is 18.0. The maximum absolute atomic E-state index is 10.3. The SMILES string of the molecule is CN1CCN(C[C@H](O)COc2ccc(CN3CC(N4CCCCC4)C3)cc2)CC1. The van der Waals surface area contributed by atoms with Crippen molar-refractivity contribution < 1.29 is 9.84 Å². The van der Waals surface area contributed by atoms with Crippen LogP contribution in [0.15, 0.2) is 24.3 Å². The third kappa shape index (κ3) is 6.15. The van der Waals surface area contributed by atoms with Gasteiger partial charge in [0.25, 0.3) is 0 Å². The van der Waals surface area contributed by atoms with E-state index in [0.717, 1.165) is 44.5 Å². The summed E-state index contributed by atoms with van der Waals surface area (Å²) >= 11 is 0. The van der Waals surface area contributed by atoms with Gasteiger partial charge >= 0.3 is 0 Å². The number of likely N-dealkylation sites (tertiary alicyclic amines) is 2. The lowest BCUT2D eigenvalue weighted by Crippen LogP contribution is -2.59. The summed E-state index contributed by atoms with van der Waals surface area (Å²) in [5.74, 6) is 0.848. The van der Waals surface area contributed by atoms with Crippen molar-refractivity contribution in [1.82, 2.24) is 19.6 Å². The van der Waals surface area contributed by atoms with Crippen LogP contribution in [0.25, 0.3) is 0 Å². The summed E-state index contributed by atoms with van der Waals surface area (Å²) in [4.78, 5) is 9.87. The van der Waals surface area contributed by atoms with Gasteiger partial charge in [0.15, 0.2) is 0 Å². The highest BCUT2D eigenvalue weighted by Crippen LogP contribution is 2.22. The van der Waals surface area contributed by atoms with Crippen molar-refractivity contribution in [1.29, 1.82) is 0 Å². The minimum absolute atomic E-state index is 0.356. The van der Waals surface area contributed by atoms with Crippen LogP contribution in [-0.4, -0.2) is 109 Å². The van der Waals surface area contributed by atoms with Crippen LogP contribution in [0.3, 0.4) is 0 Å². The van der Waals surface area contributed by atoms with Gasteiger partial charge in [-0.1, -0.05) is 18.6 Å². The molecule has 6 heteroatoms. The summed E-state index contributed by atoms with van der Waals surface area (Å²) in [5, 5.41) is 10.3. The Morgan fingerprint density at radius 3 is 2.31 bits per heavy atom. The molecule has 0 aliphatic carbocycles. The highest BCUT2D eigenvalue weighted by Gasteiger charge is 2.31. The van der Waals surface area contributed by atoms with Crippen LogP contribution in [0.2, 0.25) is 0 Å². The van der Waals surface area contributed by atoms with Gasteiger partial charge in [-0.05, 0) is 50.7 Å². The van der Waals surface area contributed by atoms with E-state index in [-0.39, 0.29) is 0 Å². The second-order valence-electron chi connectivity index (χ2n) is 9.16. The molecule has 0 aromatic heterocycles. The van der Waals surface area contributed by atoms with Crippen molar-refractivity contribution in [2.75, 3.05) is 72.6 Å². The molecule has 1 aromatic rings. The Kier molecular flexibility index (Phi) is 7.43. The summed E-state index contributed by atoms with van der Waals surface area (Å²) in [6.07, 6.45) is 3.73. The fourth-order valence-corrected chi connectivity index (χ4v) is 4.71. The highest BCUT2D eigenvalue weighted by atomic mass is 16.5. The van der Waals surface area contributed by atoms with Crippen molar-refractivity contribution in [2.24, 2.45) is 0 Å². The predicted octanol–water partition coefficient (Wildman–Crippen LogP) is 1.34. The molecule has 29 heavy (non-hydrogen) atoms. The van der Waals surface area contributed by atoms with E-state index in [0.29, 0.717) is 13.2 Å². The van der Waals surface area contributed by atoms with E-state index < -0.39 is 6.10 Å². The topological polar surface area (TPSA) is 42.4 Å². The molecule has 3 fully saturated rings. The molecule has 1 N–H and O–H groups in total.